The molecule has 1 fully saturated rings. The molecule has 1 saturated heterocycles. The minimum absolute atomic E-state index is 0.247. The van der Waals surface area contributed by atoms with Gasteiger partial charge in [-0.3, -0.25) is 10.1 Å². The molecule has 0 radical (unpaired) electrons. The van der Waals surface area contributed by atoms with Crippen molar-refractivity contribution in [1.82, 2.24) is 10.6 Å². The Kier molecular flexibility index (Phi) is 5.51. The summed E-state index contributed by atoms with van der Waals surface area (Å²) in [6.45, 7) is 2.01. The Bertz CT molecular complexity index is 917. The molecular weight excluding hydrogens is 346 g/mol. The second-order valence-corrected chi connectivity index (χ2v) is 5.61. The first-order valence-corrected chi connectivity index (χ1v) is 8.39. The van der Waals surface area contributed by atoms with Crippen LogP contribution in [0, 0.1) is 0 Å². The molecule has 0 bridgehead atoms. The SMILES string of the molecule is CCOC(=O)c1ccccc1N=C1NC(=O)/C(=C/c2ccc(OC)cc2)N1. The Morgan fingerprint density at radius 1 is 1.11 bits per heavy atom. The van der Waals surface area contributed by atoms with Crippen LogP contribution in [0.5, 0.6) is 5.75 Å². The van der Waals surface area contributed by atoms with Gasteiger partial charge in [-0.05, 0) is 42.8 Å². The summed E-state index contributed by atoms with van der Waals surface area (Å²) in [5.41, 5.74) is 1.93. The number of nitrogens with zero attached hydrogens (tertiary/aromatic N) is 1. The first kappa shape index (κ1) is 18.2. The number of aliphatic imine (C=N–C) groups is 1. The van der Waals surface area contributed by atoms with Crippen LogP contribution in [0.3, 0.4) is 0 Å². The van der Waals surface area contributed by atoms with Crippen molar-refractivity contribution in [3.63, 3.8) is 0 Å². The van der Waals surface area contributed by atoms with E-state index in [9.17, 15) is 9.59 Å². The van der Waals surface area contributed by atoms with E-state index in [4.69, 9.17) is 9.47 Å². The second kappa shape index (κ2) is 8.18. The van der Waals surface area contributed by atoms with E-state index in [0.29, 0.717) is 16.9 Å². The fourth-order valence-electron chi connectivity index (χ4n) is 2.49. The van der Waals surface area contributed by atoms with Crippen molar-refractivity contribution in [2.75, 3.05) is 13.7 Å². The lowest BCUT2D eigenvalue weighted by Crippen LogP contribution is -2.24. The number of carbonyl (C=O) groups is 2. The van der Waals surface area contributed by atoms with E-state index in [0.717, 1.165) is 11.3 Å². The van der Waals surface area contributed by atoms with E-state index in [1.807, 2.05) is 24.3 Å². The molecule has 0 unspecified atom stereocenters. The molecule has 0 aliphatic carbocycles. The van der Waals surface area contributed by atoms with Gasteiger partial charge in [-0.2, -0.15) is 0 Å². The van der Waals surface area contributed by atoms with Crippen molar-refractivity contribution in [3.8, 4) is 5.75 Å². The van der Waals surface area contributed by atoms with Crippen LogP contribution in [-0.4, -0.2) is 31.6 Å². The average molecular weight is 365 g/mol. The number of ether oxygens (including phenoxy) is 2. The molecular formula is C20H19N3O4. The van der Waals surface area contributed by atoms with Crippen molar-refractivity contribution in [1.29, 1.82) is 0 Å². The van der Waals surface area contributed by atoms with E-state index >= 15 is 0 Å². The number of para-hydroxylation sites is 1. The lowest BCUT2D eigenvalue weighted by Gasteiger charge is -2.05. The summed E-state index contributed by atoms with van der Waals surface area (Å²) in [6.07, 6.45) is 1.70. The first-order chi connectivity index (χ1) is 13.1. The van der Waals surface area contributed by atoms with Crippen molar-refractivity contribution >= 4 is 29.6 Å². The first-order valence-electron chi connectivity index (χ1n) is 8.39. The topological polar surface area (TPSA) is 89.0 Å². The van der Waals surface area contributed by atoms with Gasteiger partial charge in [0.05, 0.1) is 25.0 Å². The standard InChI is InChI=1S/C20H19N3O4/c1-3-27-19(25)15-6-4-5-7-16(15)21-20-22-17(18(24)23-20)12-13-8-10-14(26-2)11-9-13/h4-12H,3H2,1-2H3,(H2,21,22,23,24)/b17-12-. The highest BCUT2D eigenvalue weighted by Crippen LogP contribution is 2.21. The molecule has 0 saturated carbocycles. The van der Waals surface area contributed by atoms with E-state index in [2.05, 4.69) is 15.6 Å². The van der Waals surface area contributed by atoms with Gasteiger partial charge in [-0.25, -0.2) is 9.79 Å². The number of hydrogen-bond donors (Lipinski definition) is 2. The zero-order valence-electron chi connectivity index (χ0n) is 15.0. The Labute approximate surface area is 156 Å². The van der Waals surface area contributed by atoms with Crippen LogP contribution < -0.4 is 15.4 Å². The molecule has 0 aromatic heterocycles. The third-order valence-corrected chi connectivity index (χ3v) is 3.79. The fraction of sp³-hybridized carbons (Fsp3) is 0.150. The maximum absolute atomic E-state index is 12.2. The molecule has 2 aromatic carbocycles. The van der Waals surface area contributed by atoms with Gasteiger partial charge in [-0.15, -0.1) is 0 Å². The van der Waals surface area contributed by atoms with Gasteiger partial charge in [0.15, 0.2) is 0 Å². The van der Waals surface area contributed by atoms with Crippen LogP contribution in [0.1, 0.15) is 22.8 Å². The minimum Gasteiger partial charge on any atom is -0.497 e. The molecule has 2 aromatic rings. The minimum atomic E-state index is -0.462. The van der Waals surface area contributed by atoms with E-state index in [-0.39, 0.29) is 18.5 Å². The van der Waals surface area contributed by atoms with Crippen LogP contribution in [0.2, 0.25) is 0 Å². The van der Waals surface area contributed by atoms with Crippen LogP contribution in [-0.2, 0) is 9.53 Å². The van der Waals surface area contributed by atoms with Gasteiger partial charge < -0.3 is 14.8 Å². The molecule has 2 N–H and O–H groups in total. The normalized spacial score (nSPS) is 16.1. The number of guanidine groups is 1. The van der Waals surface area contributed by atoms with Crippen LogP contribution >= 0.6 is 0 Å². The zero-order valence-corrected chi connectivity index (χ0v) is 15.0. The molecule has 7 heteroatoms. The quantitative estimate of drug-likeness (QED) is 0.628. The van der Waals surface area contributed by atoms with Crippen LogP contribution in [0.4, 0.5) is 5.69 Å². The largest absolute Gasteiger partial charge is 0.497 e. The second-order valence-electron chi connectivity index (χ2n) is 5.61. The lowest BCUT2D eigenvalue weighted by molar-refractivity contribution is -0.115. The summed E-state index contributed by atoms with van der Waals surface area (Å²) in [6, 6.07) is 14.1. The fourth-order valence-corrected chi connectivity index (χ4v) is 2.49. The van der Waals surface area contributed by atoms with Crippen molar-refractivity contribution in [2.24, 2.45) is 4.99 Å². The third-order valence-electron chi connectivity index (χ3n) is 3.79. The predicted molar refractivity (Wildman–Crippen MR) is 102 cm³/mol. The maximum atomic E-state index is 12.2. The predicted octanol–water partition coefficient (Wildman–Crippen LogP) is 2.62. The Balaban J connectivity index is 1.83. The molecule has 1 aliphatic heterocycles. The number of carbonyl (C=O) groups excluding carboxylic acids is 2. The number of esters is 1. The summed E-state index contributed by atoms with van der Waals surface area (Å²) in [4.78, 5) is 28.6. The molecule has 138 valence electrons. The highest BCUT2D eigenvalue weighted by atomic mass is 16.5. The average Bonchev–Trinajstić information content (AvgIpc) is 3.02. The van der Waals surface area contributed by atoms with Gasteiger partial charge in [0.2, 0.25) is 5.96 Å². The molecule has 0 atom stereocenters. The van der Waals surface area contributed by atoms with Crippen molar-refractivity contribution < 1.29 is 19.1 Å². The summed E-state index contributed by atoms with van der Waals surface area (Å²) in [7, 11) is 1.59. The Morgan fingerprint density at radius 2 is 1.85 bits per heavy atom. The van der Waals surface area contributed by atoms with Gasteiger partial charge in [0.1, 0.15) is 11.4 Å². The third kappa shape index (κ3) is 4.33. The Morgan fingerprint density at radius 3 is 2.56 bits per heavy atom. The number of amides is 1. The summed E-state index contributed by atoms with van der Waals surface area (Å²) >= 11 is 0. The molecule has 1 amide bonds. The smallest absolute Gasteiger partial charge is 0.340 e. The summed E-state index contributed by atoms with van der Waals surface area (Å²) in [5.74, 6) is 0.212. The number of methoxy groups -OCH3 is 1. The van der Waals surface area contributed by atoms with E-state index in [1.165, 1.54) is 0 Å². The maximum Gasteiger partial charge on any atom is 0.340 e. The number of benzene rings is 2. The molecule has 27 heavy (non-hydrogen) atoms. The van der Waals surface area contributed by atoms with Gasteiger partial charge >= 0.3 is 5.97 Å². The highest BCUT2D eigenvalue weighted by Gasteiger charge is 2.22. The van der Waals surface area contributed by atoms with Crippen LogP contribution in [0.15, 0.2) is 59.2 Å². The van der Waals surface area contributed by atoms with Crippen molar-refractivity contribution in [2.45, 2.75) is 6.92 Å². The van der Waals surface area contributed by atoms with Crippen LogP contribution in [0.25, 0.3) is 6.08 Å². The van der Waals surface area contributed by atoms with Gasteiger partial charge in [-0.1, -0.05) is 24.3 Å². The number of nitrogens with one attached hydrogen (secondary N) is 2. The molecule has 3 rings (SSSR count). The number of rotatable bonds is 5. The zero-order chi connectivity index (χ0) is 19.2. The molecule has 1 heterocycles. The van der Waals surface area contributed by atoms with Crippen molar-refractivity contribution in [3.05, 3.63) is 65.4 Å². The Hall–Kier alpha value is -3.61. The molecule has 7 nitrogen and oxygen atoms in total. The van der Waals surface area contributed by atoms with Gasteiger partial charge in [0.25, 0.3) is 5.91 Å². The summed E-state index contributed by atoms with van der Waals surface area (Å²) in [5, 5.41) is 5.58. The number of hydrogen-bond acceptors (Lipinski definition) is 5. The molecule has 0 spiro atoms. The van der Waals surface area contributed by atoms with E-state index in [1.54, 1.807) is 44.4 Å². The highest BCUT2D eigenvalue weighted by molar-refractivity contribution is 6.16. The van der Waals surface area contributed by atoms with Gasteiger partial charge in [0, 0.05) is 0 Å². The molecule has 1 aliphatic rings. The lowest BCUT2D eigenvalue weighted by atomic mass is 10.2. The summed E-state index contributed by atoms with van der Waals surface area (Å²) < 4.78 is 10.2. The van der Waals surface area contributed by atoms with E-state index < -0.39 is 5.97 Å². The monoisotopic (exact) mass is 365 g/mol.